The van der Waals surface area contributed by atoms with Crippen molar-refractivity contribution in [3.63, 3.8) is 0 Å². The minimum atomic E-state index is 0.0173. The number of aromatic nitrogens is 1. The Morgan fingerprint density at radius 1 is 1.27 bits per heavy atom. The van der Waals surface area contributed by atoms with Crippen LogP contribution in [0.3, 0.4) is 0 Å². The van der Waals surface area contributed by atoms with Crippen LogP contribution in [0, 0.1) is 0 Å². The number of hydrogen-bond acceptors (Lipinski definition) is 3. The Labute approximate surface area is 91.9 Å². The highest BCUT2D eigenvalue weighted by molar-refractivity contribution is 5.39. The van der Waals surface area contributed by atoms with E-state index in [9.17, 15) is 0 Å². The minimum absolute atomic E-state index is 0.0173. The SMILES string of the molecule is CC(C)Oc1cccc(NC(C)(C)C)n1. The summed E-state index contributed by atoms with van der Waals surface area (Å²) >= 11 is 0. The van der Waals surface area contributed by atoms with E-state index in [1.54, 1.807) is 0 Å². The first kappa shape index (κ1) is 11.8. The highest BCUT2D eigenvalue weighted by atomic mass is 16.5. The van der Waals surface area contributed by atoms with Crippen molar-refractivity contribution in [2.75, 3.05) is 5.32 Å². The second-order valence-corrected chi connectivity index (χ2v) is 4.90. The predicted molar refractivity (Wildman–Crippen MR) is 63.4 cm³/mol. The fraction of sp³-hybridized carbons (Fsp3) is 0.583. The van der Waals surface area contributed by atoms with Gasteiger partial charge in [-0.1, -0.05) is 6.07 Å². The molecule has 1 aromatic heterocycles. The first-order chi connectivity index (χ1) is 6.87. The number of ether oxygens (including phenoxy) is 1. The maximum Gasteiger partial charge on any atom is 0.215 e. The highest BCUT2D eigenvalue weighted by Gasteiger charge is 2.10. The lowest BCUT2D eigenvalue weighted by Gasteiger charge is -2.21. The smallest absolute Gasteiger partial charge is 0.215 e. The van der Waals surface area contributed by atoms with Gasteiger partial charge >= 0.3 is 0 Å². The maximum absolute atomic E-state index is 5.52. The maximum atomic E-state index is 5.52. The van der Waals surface area contributed by atoms with Crippen LogP contribution in [-0.4, -0.2) is 16.6 Å². The second kappa shape index (κ2) is 4.51. The summed E-state index contributed by atoms with van der Waals surface area (Å²) in [5.41, 5.74) is 0.0173. The molecular weight excluding hydrogens is 188 g/mol. The topological polar surface area (TPSA) is 34.1 Å². The molecule has 0 radical (unpaired) electrons. The van der Waals surface area contributed by atoms with Crippen LogP contribution >= 0.6 is 0 Å². The molecule has 0 amide bonds. The quantitative estimate of drug-likeness (QED) is 0.829. The Bertz CT molecular complexity index is 316. The molecule has 0 saturated carbocycles. The predicted octanol–water partition coefficient (Wildman–Crippen LogP) is 3.08. The van der Waals surface area contributed by atoms with Gasteiger partial charge in [-0.2, -0.15) is 4.98 Å². The van der Waals surface area contributed by atoms with E-state index in [1.165, 1.54) is 0 Å². The van der Waals surface area contributed by atoms with Crippen LogP contribution in [0.2, 0.25) is 0 Å². The molecule has 0 bridgehead atoms. The molecule has 3 nitrogen and oxygen atoms in total. The molecule has 0 unspecified atom stereocenters. The van der Waals surface area contributed by atoms with Crippen molar-refractivity contribution in [3.05, 3.63) is 18.2 Å². The zero-order chi connectivity index (χ0) is 11.5. The summed E-state index contributed by atoms with van der Waals surface area (Å²) < 4.78 is 5.52. The Morgan fingerprint density at radius 2 is 1.93 bits per heavy atom. The van der Waals surface area contributed by atoms with Gasteiger partial charge in [0.25, 0.3) is 0 Å². The van der Waals surface area contributed by atoms with E-state index < -0.39 is 0 Å². The van der Waals surface area contributed by atoms with Crippen LogP contribution in [-0.2, 0) is 0 Å². The monoisotopic (exact) mass is 208 g/mol. The van der Waals surface area contributed by atoms with E-state index in [0.29, 0.717) is 5.88 Å². The van der Waals surface area contributed by atoms with Crippen molar-refractivity contribution >= 4 is 5.82 Å². The molecule has 0 aliphatic rings. The van der Waals surface area contributed by atoms with Gasteiger partial charge in [-0.25, -0.2) is 0 Å². The number of nitrogens with zero attached hydrogens (tertiary/aromatic N) is 1. The lowest BCUT2D eigenvalue weighted by Crippen LogP contribution is -2.26. The van der Waals surface area contributed by atoms with E-state index in [2.05, 4.69) is 31.1 Å². The van der Waals surface area contributed by atoms with E-state index in [0.717, 1.165) is 5.82 Å². The molecule has 3 heteroatoms. The van der Waals surface area contributed by atoms with Gasteiger partial charge in [0.05, 0.1) is 6.10 Å². The van der Waals surface area contributed by atoms with Crippen LogP contribution in [0.4, 0.5) is 5.82 Å². The van der Waals surface area contributed by atoms with Gasteiger partial charge in [-0.15, -0.1) is 0 Å². The van der Waals surface area contributed by atoms with Crippen LogP contribution in [0.15, 0.2) is 18.2 Å². The molecule has 15 heavy (non-hydrogen) atoms. The molecule has 0 spiro atoms. The summed E-state index contributed by atoms with van der Waals surface area (Å²) in [7, 11) is 0. The normalized spacial score (nSPS) is 11.6. The summed E-state index contributed by atoms with van der Waals surface area (Å²) in [5.74, 6) is 1.51. The molecule has 0 atom stereocenters. The number of pyridine rings is 1. The van der Waals surface area contributed by atoms with E-state index in [4.69, 9.17) is 4.74 Å². The molecule has 0 fully saturated rings. The molecule has 0 aliphatic heterocycles. The van der Waals surface area contributed by atoms with Crippen LogP contribution in [0.5, 0.6) is 5.88 Å². The van der Waals surface area contributed by atoms with Gasteiger partial charge in [-0.3, -0.25) is 0 Å². The fourth-order valence-electron chi connectivity index (χ4n) is 1.18. The largest absolute Gasteiger partial charge is 0.475 e. The average Bonchev–Trinajstić information content (AvgIpc) is 1.99. The fourth-order valence-corrected chi connectivity index (χ4v) is 1.18. The summed E-state index contributed by atoms with van der Waals surface area (Å²) in [4.78, 5) is 4.36. The van der Waals surface area contributed by atoms with Crippen molar-refractivity contribution in [2.45, 2.75) is 46.3 Å². The van der Waals surface area contributed by atoms with Gasteiger partial charge in [0.1, 0.15) is 5.82 Å². The Hall–Kier alpha value is -1.25. The second-order valence-electron chi connectivity index (χ2n) is 4.90. The summed E-state index contributed by atoms with van der Waals surface area (Å²) in [5, 5.41) is 3.30. The number of anilines is 1. The van der Waals surface area contributed by atoms with E-state index in [-0.39, 0.29) is 11.6 Å². The molecule has 0 aliphatic carbocycles. The number of nitrogens with one attached hydrogen (secondary N) is 1. The minimum Gasteiger partial charge on any atom is -0.475 e. The number of hydrogen-bond donors (Lipinski definition) is 1. The molecule has 0 aromatic carbocycles. The molecule has 1 heterocycles. The molecule has 0 saturated heterocycles. The molecule has 1 N–H and O–H groups in total. The van der Waals surface area contributed by atoms with Gasteiger partial charge in [0, 0.05) is 11.6 Å². The van der Waals surface area contributed by atoms with Gasteiger partial charge in [-0.05, 0) is 40.7 Å². The third-order valence-electron chi connectivity index (χ3n) is 1.58. The molecule has 84 valence electrons. The first-order valence-electron chi connectivity index (χ1n) is 5.29. The Balaban J connectivity index is 2.74. The van der Waals surface area contributed by atoms with Crippen LogP contribution in [0.1, 0.15) is 34.6 Å². The van der Waals surface area contributed by atoms with Gasteiger partial charge in [0.15, 0.2) is 0 Å². The Morgan fingerprint density at radius 3 is 2.47 bits per heavy atom. The van der Waals surface area contributed by atoms with Crippen molar-refractivity contribution in [2.24, 2.45) is 0 Å². The zero-order valence-corrected chi connectivity index (χ0v) is 10.2. The summed E-state index contributed by atoms with van der Waals surface area (Å²) in [6, 6.07) is 5.76. The third-order valence-corrected chi connectivity index (χ3v) is 1.58. The first-order valence-corrected chi connectivity index (χ1v) is 5.29. The summed E-state index contributed by atoms with van der Waals surface area (Å²) in [6.45, 7) is 10.3. The molecular formula is C12H20N2O. The lowest BCUT2D eigenvalue weighted by atomic mass is 10.1. The molecule has 1 aromatic rings. The van der Waals surface area contributed by atoms with Crippen molar-refractivity contribution in [3.8, 4) is 5.88 Å². The van der Waals surface area contributed by atoms with E-state index in [1.807, 2.05) is 32.0 Å². The summed E-state index contributed by atoms with van der Waals surface area (Å²) in [6.07, 6.45) is 0.155. The lowest BCUT2D eigenvalue weighted by molar-refractivity contribution is 0.233. The van der Waals surface area contributed by atoms with Gasteiger partial charge < -0.3 is 10.1 Å². The van der Waals surface area contributed by atoms with Gasteiger partial charge in [0.2, 0.25) is 5.88 Å². The standard InChI is InChI=1S/C12H20N2O/c1-9(2)15-11-8-6-7-10(13-11)14-12(3,4)5/h6-9H,1-5H3,(H,13,14). The van der Waals surface area contributed by atoms with Crippen molar-refractivity contribution in [1.29, 1.82) is 0 Å². The average molecular weight is 208 g/mol. The van der Waals surface area contributed by atoms with E-state index >= 15 is 0 Å². The Kier molecular flexibility index (Phi) is 3.56. The van der Waals surface area contributed by atoms with Crippen molar-refractivity contribution in [1.82, 2.24) is 4.98 Å². The molecule has 1 rings (SSSR count). The van der Waals surface area contributed by atoms with Crippen LogP contribution in [0.25, 0.3) is 0 Å². The highest BCUT2D eigenvalue weighted by Crippen LogP contribution is 2.16. The zero-order valence-electron chi connectivity index (χ0n) is 10.2. The third kappa shape index (κ3) is 4.68. The van der Waals surface area contributed by atoms with Crippen LogP contribution < -0.4 is 10.1 Å². The number of rotatable bonds is 3. The van der Waals surface area contributed by atoms with Crippen molar-refractivity contribution < 1.29 is 4.74 Å².